The number of alkyl halides is 3. The molecule has 0 unspecified atom stereocenters. The summed E-state index contributed by atoms with van der Waals surface area (Å²) >= 11 is 0. The van der Waals surface area contributed by atoms with E-state index in [2.05, 4.69) is 5.32 Å². The Morgan fingerprint density at radius 2 is 1.95 bits per heavy atom. The normalized spacial score (nSPS) is 11.4. The van der Waals surface area contributed by atoms with Gasteiger partial charge in [-0.1, -0.05) is 18.2 Å². The molecule has 0 aliphatic rings. The average molecular weight is 290 g/mol. The lowest BCUT2D eigenvalue weighted by molar-refractivity contribution is -0.145. The number of anilines is 1. The number of carbonyl (C=O) groups excluding carboxylic acids is 1. The van der Waals surface area contributed by atoms with Crippen LogP contribution < -0.4 is 11.1 Å². The van der Waals surface area contributed by atoms with E-state index in [-0.39, 0.29) is 18.9 Å². The Kier molecular flexibility index (Phi) is 6.47. The number of amides is 1. The van der Waals surface area contributed by atoms with E-state index in [9.17, 15) is 18.0 Å². The van der Waals surface area contributed by atoms with Gasteiger partial charge in [0, 0.05) is 12.2 Å². The number of carbonyl (C=O) groups is 1. The number of nitrogens with one attached hydrogen (secondary N) is 1. The molecule has 0 radical (unpaired) electrons. The van der Waals surface area contributed by atoms with Crippen molar-refractivity contribution in [3.63, 3.8) is 0 Å². The van der Waals surface area contributed by atoms with E-state index < -0.39 is 19.2 Å². The fourth-order valence-corrected chi connectivity index (χ4v) is 1.49. The molecule has 1 aromatic carbocycles. The van der Waals surface area contributed by atoms with Crippen LogP contribution in [0.15, 0.2) is 24.3 Å². The molecule has 20 heavy (non-hydrogen) atoms. The second kappa shape index (κ2) is 7.86. The first-order chi connectivity index (χ1) is 9.42. The van der Waals surface area contributed by atoms with Crippen LogP contribution in [0.5, 0.6) is 0 Å². The standard InChI is InChI=1S/C13H17F3N2O2/c14-13(15,16)6-8-20-7-5-12(19)18-11-4-2-1-3-10(11)9-17/h1-4H,5-9,17H2,(H,18,19). The zero-order chi connectivity index (χ0) is 15.0. The molecule has 0 saturated carbocycles. The molecule has 1 rings (SSSR count). The Balaban J connectivity index is 2.27. The number of halogens is 3. The van der Waals surface area contributed by atoms with Crippen LogP contribution in [0.3, 0.4) is 0 Å². The first kappa shape index (κ1) is 16.5. The van der Waals surface area contributed by atoms with Gasteiger partial charge in [-0.3, -0.25) is 4.79 Å². The Hall–Kier alpha value is -1.60. The minimum absolute atomic E-state index is 0.00321. The van der Waals surface area contributed by atoms with Crippen LogP contribution in [0.4, 0.5) is 18.9 Å². The first-order valence-electron chi connectivity index (χ1n) is 6.14. The van der Waals surface area contributed by atoms with Crippen LogP contribution in [0, 0.1) is 0 Å². The third-order valence-corrected chi connectivity index (χ3v) is 2.51. The molecular weight excluding hydrogens is 273 g/mol. The van der Waals surface area contributed by atoms with Crippen LogP contribution in [-0.4, -0.2) is 25.3 Å². The second-order valence-corrected chi connectivity index (χ2v) is 4.14. The van der Waals surface area contributed by atoms with Crippen molar-refractivity contribution < 1.29 is 22.7 Å². The predicted octanol–water partition coefficient (Wildman–Crippen LogP) is 2.44. The molecule has 0 aliphatic carbocycles. The van der Waals surface area contributed by atoms with Gasteiger partial charge in [0.15, 0.2) is 0 Å². The third-order valence-electron chi connectivity index (χ3n) is 2.51. The monoisotopic (exact) mass is 290 g/mol. The van der Waals surface area contributed by atoms with Gasteiger partial charge in [-0.15, -0.1) is 0 Å². The highest BCUT2D eigenvalue weighted by molar-refractivity contribution is 5.91. The lowest BCUT2D eigenvalue weighted by Crippen LogP contribution is -2.17. The molecule has 0 aromatic heterocycles. The van der Waals surface area contributed by atoms with Crippen LogP contribution in [0.1, 0.15) is 18.4 Å². The molecular formula is C13H17F3N2O2. The number of hydrogen-bond donors (Lipinski definition) is 2. The maximum atomic E-state index is 11.8. The molecule has 3 N–H and O–H groups in total. The Labute approximate surface area is 115 Å². The summed E-state index contributed by atoms with van der Waals surface area (Å²) in [7, 11) is 0. The van der Waals surface area contributed by atoms with Crippen molar-refractivity contribution >= 4 is 11.6 Å². The van der Waals surface area contributed by atoms with Gasteiger partial charge in [-0.05, 0) is 11.6 Å². The second-order valence-electron chi connectivity index (χ2n) is 4.14. The number of hydrogen-bond acceptors (Lipinski definition) is 3. The summed E-state index contributed by atoms with van der Waals surface area (Å²) in [5.74, 6) is -0.321. The average Bonchev–Trinajstić information content (AvgIpc) is 2.37. The zero-order valence-corrected chi connectivity index (χ0v) is 10.9. The number of nitrogens with two attached hydrogens (primary N) is 1. The summed E-state index contributed by atoms with van der Waals surface area (Å²) in [6, 6.07) is 7.06. The van der Waals surface area contributed by atoms with Crippen LogP contribution in [0.2, 0.25) is 0 Å². The largest absolute Gasteiger partial charge is 0.391 e. The summed E-state index contributed by atoms with van der Waals surface area (Å²) in [6.07, 6.45) is -5.25. The van der Waals surface area contributed by atoms with Gasteiger partial charge in [0.25, 0.3) is 0 Å². The molecule has 0 atom stereocenters. The first-order valence-corrected chi connectivity index (χ1v) is 6.14. The van der Waals surface area contributed by atoms with E-state index in [0.717, 1.165) is 5.56 Å². The van der Waals surface area contributed by atoms with Gasteiger partial charge in [-0.25, -0.2) is 0 Å². The molecule has 112 valence electrons. The molecule has 1 amide bonds. The lowest BCUT2D eigenvalue weighted by Gasteiger charge is -2.10. The summed E-state index contributed by atoms with van der Waals surface area (Å²) in [5, 5.41) is 2.65. The number of rotatable bonds is 7. The Morgan fingerprint density at radius 3 is 2.60 bits per heavy atom. The van der Waals surface area contributed by atoms with Gasteiger partial charge in [0.2, 0.25) is 5.91 Å². The van der Waals surface area contributed by atoms with Crippen LogP contribution in [-0.2, 0) is 16.1 Å². The molecule has 0 heterocycles. The van der Waals surface area contributed by atoms with E-state index in [4.69, 9.17) is 10.5 Å². The van der Waals surface area contributed by atoms with Crippen molar-refractivity contribution in [2.75, 3.05) is 18.5 Å². The van der Waals surface area contributed by atoms with Crippen molar-refractivity contribution in [1.82, 2.24) is 0 Å². The molecule has 4 nitrogen and oxygen atoms in total. The van der Waals surface area contributed by atoms with Crippen LogP contribution in [0.25, 0.3) is 0 Å². The van der Waals surface area contributed by atoms with Gasteiger partial charge in [0.05, 0.1) is 26.1 Å². The topological polar surface area (TPSA) is 64.3 Å². The minimum atomic E-state index is -4.23. The molecule has 0 fully saturated rings. The van der Waals surface area contributed by atoms with Crippen LogP contribution >= 0.6 is 0 Å². The van der Waals surface area contributed by atoms with E-state index in [1.165, 1.54) is 0 Å². The number of para-hydroxylation sites is 1. The van der Waals surface area contributed by atoms with Crippen molar-refractivity contribution in [2.45, 2.75) is 25.6 Å². The van der Waals surface area contributed by atoms with E-state index >= 15 is 0 Å². The maximum Gasteiger partial charge on any atom is 0.391 e. The predicted molar refractivity (Wildman–Crippen MR) is 69.1 cm³/mol. The van der Waals surface area contributed by atoms with Crippen molar-refractivity contribution in [3.8, 4) is 0 Å². The SMILES string of the molecule is NCc1ccccc1NC(=O)CCOCCC(F)(F)F. The summed E-state index contributed by atoms with van der Waals surface area (Å²) < 4.78 is 40.3. The highest BCUT2D eigenvalue weighted by Crippen LogP contribution is 2.19. The fourth-order valence-electron chi connectivity index (χ4n) is 1.49. The van der Waals surface area contributed by atoms with Crippen molar-refractivity contribution in [3.05, 3.63) is 29.8 Å². The van der Waals surface area contributed by atoms with Gasteiger partial charge in [-0.2, -0.15) is 13.2 Å². The zero-order valence-electron chi connectivity index (χ0n) is 10.9. The summed E-state index contributed by atoms with van der Waals surface area (Å²) in [4.78, 5) is 11.6. The van der Waals surface area contributed by atoms with Gasteiger partial charge >= 0.3 is 6.18 Å². The maximum absolute atomic E-state index is 11.8. The minimum Gasteiger partial charge on any atom is -0.381 e. The van der Waals surface area contributed by atoms with E-state index in [0.29, 0.717) is 12.2 Å². The number of benzene rings is 1. The quantitative estimate of drug-likeness (QED) is 0.758. The molecule has 0 aliphatic heterocycles. The molecule has 7 heteroatoms. The number of ether oxygens (including phenoxy) is 1. The van der Waals surface area contributed by atoms with E-state index in [1.54, 1.807) is 24.3 Å². The van der Waals surface area contributed by atoms with Crippen molar-refractivity contribution in [2.24, 2.45) is 5.73 Å². The summed E-state index contributed by atoms with van der Waals surface area (Å²) in [5.41, 5.74) is 6.92. The smallest absolute Gasteiger partial charge is 0.381 e. The Morgan fingerprint density at radius 1 is 1.25 bits per heavy atom. The molecule has 0 bridgehead atoms. The van der Waals surface area contributed by atoms with Crippen molar-refractivity contribution in [1.29, 1.82) is 0 Å². The molecule has 1 aromatic rings. The van der Waals surface area contributed by atoms with E-state index in [1.807, 2.05) is 0 Å². The Bertz CT molecular complexity index is 436. The summed E-state index contributed by atoms with van der Waals surface area (Å²) in [6.45, 7) is -0.193. The molecule has 0 saturated heterocycles. The van der Waals surface area contributed by atoms with Gasteiger partial charge < -0.3 is 15.8 Å². The van der Waals surface area contributed by atoms with Gasteiger partial charge in [0.1, 0.15) is 0 Å². The fraction of sp³-hybridized carbons (Fsp3) is 0.462. The highest BCUT2D eigenvalue weighted by Gasteiger charge is 2.26. The third kappa shape index (κ3) is 6.53. The lowest BCUT2D eigenvalue weighted by atomic mass is 10.2. The molecule has 0 spiro atoms. The highest BCUT2D eigenvalue weighted by atomic mass is 19.4.